The lowest BCUT2D eigenvalue weighted by atomic mass is 10.2. The predicted molar refractivity (Wildman–Crippen MR) is 64.2 cm³/mol. The van der Waals surface area contributed by atoms with E-state index < -0.39 is 5.38 Å². The van der Waals surface area contributed by atoms with Crippen molar-refractivity contribution in [3.05, 3.63) is 24.3 Å². The number of halogens is 1. The van der Waals surface area contributed by atoms with Crippen molar-refractivity contribution in [1.82, 2.24) is 0 Å². The van der Waals surface area contributed by atoms with E-state index in [2.05, 4.69) is 0 Å². The first-order chi connectivity index (χ1) is 7.59. The van der Waals surface area contributed by atoms with E-state index in [-0.39, 0.29) is 12.0 Å². The van der Waals surface area contributed by atoms with Gasteiger partial charge < -0.3 is 9.64 Å². The number of para-hydroxylation sites is 2. The third kappa shape index (κ3) is 2.00. The Labute approximate surface area is 100.0 Å². The van der Waals surface area contributed by atoms with Crippen LogP contribution < -0.4 is 9.64 Å². The highest BCUT2D eigenvalue weighted by Crippen LogP contribution is 2.33. The average molecular weight is 240 g/mol. The van der Waals surface area contributed by atoms with Gasteiger partial charge in [-0.2, -0.15) is 0 Å². The second-order valence-corrected chi connectivity index (χ2v) is 4.62. The molecule has 1 amide bonds. The maximum Gasteiger partial charge on any atom is 0.244 e. The number of carbonyl (C=O) groups excluding carboxylic acids is 1. The minimum atomic E-state index is -0.515. The zero-order chi connectivity index (χ0) is 11.7. The van der Waals surface area contributed by atoms with Crippen LogP contribution in [0.15, 0.2) is 24.3 Å². The number of ether oxygens (including phenoxy) is 1. The molecule has 2 unspecified atom stereocenters. The highest BCUT2D eigenvalue weighted by atomic mass is 35.5. The average Bonchev–Trinajstić information content (AvgIpc) is 2.26. The van der Waals surface area contributed by atoms with Crippen LogP contribution in [-0.4, -0.2) is 23.9 Å². The number of nitrogens with zero attached hydrogens (tertiary/aromatic N) is 1. The van der Waals surface area contributed by atoms with Gasteiger partial charge in [-0.1, -0.05) is 12.1 Å². The number of rotatable bonds is 1. The fourth-order valence-electron chi connectivity index (χ4n) is 1.81. The van der Waals surface area contributed by atoms with Crippen LogP contribution in [0.3, 0.4) is 0 Å². The molecule has 86 valence electrons. The van der Waals surface area contributed by atoms with Gasteiger partial charge in [0.25, 0.3) is 0 Å². The minimum Gasteiger partial charge on any atom is -0.487 e. The summed E-state index contributed by atoms with van der Waals surface area (Å²) in [6.45, 7) is 4.18. The van der Waals surface area contributed by atoms with Gasteiger partial charge in [-0.15, -0.1) is 11.6 Å². The Balaban J connectivity index is 2.37. The molecule has 0 fully saturated rings. The molecule has 0 bridgehead atoms. The van der Waals surface area contributed by atoms with Gasteiger partial charge in [0.05, 0.1) is 12.2 Å². The molecule has 2 atom stereocenters. The third-order valence-corrected chi connectivity index (χ3v) is 2.72. The third-order valence-electron chi connectivity index (χ3n) is 2.53. The van der Waals surface area contributed by atoms with Crippen LogP contribution in [0.1, 0.15) is 13.8 Å². The fraction of sp³-hybridized carbons (Fsp3) is 0.417. The smallest absolute Gasteiger partial charge is 0.244 e. The summed E-state index contributed by atoms with van der Waals surface area (Å²) in [5.74, 6) is 0.663. The van der Waals surface area contributed by atoms with Crippen LogP contribution in [0.25, 0.3) is 0 Å². The molecule has 0 saturated heterocycles. The molecule has 4 heteroatoms. The largest absolute Gasteiger partial charge is 0.487 e. The Kier molecular flexibility index (Phi) is 3.06. The summed E-state index contributed by atoms with van der Waals surface area (Å²) in [7, 11) is 0. The first kappa shape index (κ1) is 11.3. The molecule has 0 saturated carbocycles. The summed E-state index contributed by atoms with van der Waals surface area (Å²) in [4.78, 5) is 13.6. The quantitative estimate of drug-likeness (QED) is 0.705. The lowest BCUT2D eigenvalue weighted by molar-refractivity contribution is -0.118. The first-order valence-electron chi connectivity index (χ1n) is 5.30. The van der Waals surface area contributed by atoms with Crippen LogP contribution in [0.5, 0.6) is 5.75 Å². The van der Waals surface area contributed by atoms with Crippen molar-refractivity contribution in [3.63, 3.8) is 0 Å². The van der Waals surface area contributed by atoms with Crippen molar-refractivity contribution in [2.24, 2.45) is 0 Å². The number of fused-ring (bicyclic) bond motifs is 1. The van der Waals surface area contributed by atoms with E-state index in [1.54, 1.807) is 11.8 Å². The molecule has 0 radical (unpaired) electrons. The maximum atomic E-state index is 11.9. The summed E-state index contributed by atoms with van der Waals surface area (Å²) >= 11 is 5.84. The van der Waals surface area contributed by atoms with Crippen molar-refractivity contribution >= 4 is 23.2 Å². The molecule has 1 aliphatic rings. The van der Waals surface area contributed by atoms with Crippen molar-refractivity contribution in [3.8, 4) is 5.75 Å². The van der Waals surface area contributed by atoms with E-state index in [1.807, 2.05) is 31.2 Å². The zero-order valence-electron chi connectivity index (χ0n) is 9.31. The molecule has 0 aliphatic carbocycles. The molecule has 3 nitrogen and oxygen atoms in total. The first-order valence-corrected chi connectivity index (χ1v) is 5.74. The fourth-order valence-corrected chi connectivity index (χ4v) is 1.93. The number of anilines is 1. The number of hydrogen-bond donors (Lipinski definition) is 0. The Morgan fingerprint density at radius 1 is 1.56 bits per heavy atom. The molecular formula is C12H14ClNO2. The van der Waals surface area contributed by atoms with Crippen LogP contribution >= 0.6 is 11.6 Å². The molecule has 1 aliphatic heterocycles. The highest BCUT2D eigenvalue weighted by Gasteiger charge is 2.29. The Morgan fingerprint density at radius 2 is 2.25 bits per heavy atom. The Hall–Kier alpha value is -1.22. The van der Waals surface area contributed by atoms with Gasteiger partial charge in [0, 0.05) is 0 Å². The van der Waals surface area contributed by atoms with E-state index in [0.29, 0.717) is 6.54 Å². The maximum absolute atomic E-state index is 11.9. The molecule has 0 N–H and O–H groups in total. The molecular weight excluding hydrogens is 226 g/mol. The summed E-state index contributed by atoms with van der Waals surface area (Å²) in [5.41, 5.74) is 0.804. The number of alkyl halides is 1. The van der Waals surface area contributed by atoms with Crippen LogP contribution in [-0.2, 0) is 4.79 Å². The zero-order valence-corrected chi connectivity index (χ0v) is 10.1. The molecule has 16 heavy (non-hydrogen) atoms. The van der Waals surface area contributed by atoms with E-state index >= 15 is 0 Å². The van der Waals surface area contributed by atoms with Gasteiger partial charge >= 0.3 is 0 Å². The lowest BCUT2D eigenvalue weighted by Gasteiger charge is -2.33. The topological polar surface area (TPSA) is 29.5 Å². The second-order valence-electron chi connectivity index (χ2n) is 3.96. The Morgan fingerprint density at radius 3 is 2.94 bits per heavy atom. The van der Waals surface area contributed by atoms with Crippen molar-refractivity contribution in [2.45, 2.75) is 25.3 Å². The van der Waals surface area contributed by atoms with E-state index in [9.17, 15) is 4.79 Å². The summed E-state index contributed by atoms with van der Waals surface area (Å²) in [6.07, 6.45) is -0.00531. The summed E-state index contributed by atoms with van der Waals surface area (Å²) in [5, 5.41) is -0.515. The SMILES string of the molecule is CC1CN(C(=O)C(C)Cl)c2ccccc2O1. The van der Waals surface area contributed by atoms with Gasteiger partial charge in [0.15, 0.2) is 0 Å². The Bertz CT molecular complexity index is 406. The van der Waals surface area contributed by atoms with Crippen LogP contribution in [0, 0.1) is 0 Å². The van der Waals surface area contributed by atoms with E-state index in [0.717, 1.165) is 11.4 Å². The summed E-state index contributed by atoms with van der Waals surface area (Å²) in [6, 6.07) is 7.52. The molecule has 1 aromatic carbocycles. The van der Waals surface area contributed by atoms with Crippen LogP contribution in [0.2, 0.25) is 0 Å². The van der Waals surface area contributed by atoms with Crippen molar-refractivity contribution in [2.75, 3.05) is 11.4 Å². The summed E-state index contributed by atoms with van der Waals surface area (Å²) < 4.78 is 5.65. The standard InChI is InChI=1S/C12H14ClNO2/c1-8-7-14(12(15)9(2)13)10-5-3-4-6-11(10)16-8/h3-6,8-9H,7H2,1-2H3. The molecule has 0 spiro atoms. The molecule has 2 rings (SSSR count). The van der Waals surface area contributed by atoms with Gasteiger partial charge in [0.2, 0.25) is 5.91 Å². The lowest BCUT2D eigenvalue weighted by Crippen LogP contribution is -2.44. The van der Waals surface area contributed by atoms with E-state index in [1.165, 1.54) is 0 Å². The highest BCUT2D eigenvalue weighted by molar-refractivity contribution is 6.32. The number of benzene rings is 1. The van der Waals surface area contributed by atoms with Gasteiger partial charge in [0.1, 0.15) is 17.2 Å². The van der Waals surface area contributed by atoms with Crippen LogP contribution in [0.4, 0.5) is 5.69 Å². The minimum absolute atomic E-state index is 0.00531. The molecule has 1 aromatic rings. The predicted octanol–water partition coefficient (Wildman–Crippen LogP) is 2.43. The molecule has 1 heterocycles. The normalized spacial score (nSPS) is 20.9. The monoisotopic (exact) mass is 239 g/mol. The van der Waals surface area contributed by atoms with E-state index in [4.69, 9.17) is 16.3 Å². The number of hydrogen-bond acceptors (Lipinski definition) is 2. The van der Waals surface area contributed by atoms with Gasteiger partial charge in [-0.05, 0) is 26.0 Å². The number of amides is 1. The second kappa shape index (κ2) is 4.34. The molecule has 0 aromatic heterocycles. The number of carbonyl (C=O) groups is 1. The van der Waals surface area contributed by atoms with Gasteiger partial charge in [-0.3, -0.25) is 4.79 Å². The van der Waals surface area contributed by atoms with Crippen molar-refractivity contribution < 1.29 is 9.53 Å². The van der Waals surface area contributed by atoms with Gasteiger partial charge in [-0.25, -0.2) is 0 Å². The van der Waals surface area contributed by atoms with Crippen molar-refractivity contribution in [1.29, 1.82) is 0 Å².